The van der Waals surface area contributed by atoms with E-state index < -0.39 is 4.92 Å². The van der Waals surface area contributed by atoms with Gasteiger partial charge in [-0.25, -0.2) is 0 Å². The first-order chi connectivity index (χ1) is 9.63. The molecule has 0 aliphatic heterocycles. The highest BCUT2D eigenvalue weighted by Gasteiger charge is 2.14. The van der Waals surface area contributed by atoms with Gasteiger partial charge in [0.1, 0.15) is 17.4 Å². The first kappa shape index (κ1) is 13.9. The van der Waals surface area contributed by atoms with Gasteiger partial charge < -0.3 is 4.74 Å². The summed E-state index contributed by atoms with van der Waals surface area (Å²) in [5, 5.41) is 19.7. The topological polar surface area (TPSA) is 76.2 Å². The van der Waals surface area contributed by atoms with Crippen molar-refractivity contribution in [1.82, 2.24) is 0 Å². The minimum Gasteiger partial charge on any atom is -0.497 e. The van der Waals surface area contributed by atoms with Crippen LogP contribution in [0, 0.1) is 21.4 Å². The van der Waals surface area contributed by atoms with E-state index in [9.17, 15) is 10.1 Å². The molecule has 0 aliphatic carbocycles. The smallest absolute Gasteiger partial charge is 0.287 e. The predicted octanol–water partition coefficient (Wildman–Crippen LogP) is 3.63. The summed E-state index contributed by atoms with van der Waals surface area (Å²) in [6.07, 6.45) is 0. The number of hydrogen-bond donors (Lipinski definition) is 0. The maximum Gasteiger partial charge on any atom is 0.287 e. The normalized spacial score (nSPS) is 9.80. The molecule has 0 saturated carbocycles. The van der Waals surface area contributed by atoms with Crippen LogP contribution in [0.25, 0.3) is 0 Å². The van der Waals surface area contributed by atoms with Crippen molar-refractivity contribution in [2.75, 3.05) is 7.11 Å². The molecule has 0 aliphatic rings. The molecule has 0 atom stereocenters. The molecular formula is C14H10N2O3S. The summed E-state index contributed by atoms with van der Waals surface area (Å²) in [7, 11) is 1.59. The van der Waals surface area contributed by atoms with E-state index in [2.05, 4.69) is 0 Å². The largest absolute Gasteiger partial charge is 0.497 e. The third kappa shape index (κ3) is 3.08. The van der Waals surface area contributed by atoms with Crippen molar-refractivity contribution in [3.05, 3.63) is 58.1 Å². The maximum atomic E-state index is 10.8. The second-order valence-electron chi connectivity index (χ2n) is 3.83. The van der Waals surface area contributed by atoms with Crippen molar-refractivity contribution >= 4 is 17.4 Å². The zero-order chi connectivity index (χ0) is 14.5. The molecule has 0 radical (unpaired) electrons. The molecule has 0 unspecified atom stereocenters. The molecule has 6 heteroatoms. The molecule has 100 valence electrons. The summed E-state index contributed by atoms with van der Waals surface area (Å²) in [5.74, 6) is 0.734. The van der Waals surface area contributed by atoms with E-state index in [0.29, 0.717) is 0 Å². The summed E-state index contributed by atoms with van der Waals surface area (Å²) in [5.41, 5.74) is -0.120. The molecule has 5 nitrogen and oxygen atoms in total. The van der Waals surface area contributed by atoms with Gasteiger partial charge in [-0.05, 0) is 30.3 Å². The molecule has 2 rings (SSSR count). The van der Waals surface area contributed by atoms with Crippen LogP contribution in [0.3, 0.4) is 0 Å². The minimum atomic E-state index is -0.557. The highest BCUT2D eigenvalue weighted by molar-refractivity contribution is 7.99. The fraction of sp³-hybridized carbons (Fsp3) is 0.0714. The summed E-state index contributed by atoms with van der Waals surface area (Å²) >= 11 is 1.41. The van der Waals surface area contributed by atoms with Gasteiger partial charge in [0.25, 0.3) is 5.69 Å². The molecular weight excluding hydrogens is 276 g/mol. The minimum absolute atomic E-state index is 0.0582. The summed E-state index contributed by atoms with van der Waals surface area (Å²) in [6, 6.07) is 13.8. The Morgan fingerprint density at radius 2 is 2.00 bits per heavy atom. The number of nitriles is 1. The molecule has 0 saturated heterocycles. The van der Waals surface area contributed by atoms with Crippen LogP contribution in [0.15, 0.2) is 52.3 Å². The second kappa shape index (κ2) is 6.08. The molecule has 0 fully saturated rings. The number of benzene rings is 2. The van der Waals surface area contributed by atoms with Gasteiger partial charge in [-0.2, -0.15) is 5.26 Å². The monoisotopic (exact) mass is 286 g/mol. The van der Waals surface area contributed by atoms with Crippen LogP contribution in [0.5, 0.6) is 5.75 Å². The van der Waals surface area contributed by atoms with E-state index in [0.717, 1.165) is 15.5 Å². The predicted molar refractivity (Wildman–Crippen MR) is 74.9 cm³/mol. The second-order valence-corrected chi connectivity index (χ2v) is 4.98. The molecule has 0 aromatic heterocycles. The van der Waals surface area contributed by atoms with Crippen molar-refractivity contribution < 1.29 is 9.66 Å². The third-order valence-electron chi connectivity index (χ3n) is 2.56. The van der Waals surface area contributed by atoms with Gasteiger partial charge in [0, 0.05) is 15.9 Å². The fourth-order valence-corrected chi connectivity index (χ4v) is 2.53. The summed E-state index contributed by atoms with van der Waals surface area (Å²) < 4.78 is 5.13. The number of ether oxygens (including phenoxy) is 1. The van der Waals surface area contributed by atoms with Gasteiger partial charge in [-0.15, -0.1) is 0 Å². The lowest BCUT2D eigenvalue weighted by molar-refractivity contribution is -0.385. The average Bonchev–Trinajstić information content (AvgIpc) is 2.47. The average molecular weight is 286 g/mol. The Morgan fingerprint density at radius 1 is 1.25 bits per heavy atom. The van der Waals surface area contributed by atoms with Crippen LogP contribution in [-0.4, -0.2) is 12.0 Å². The Kier molecular flexibility index (Phi) is 4.23. The van der Waals surface area contributed by atoms with E-state index in [-0.39, 0.29) is 11.3 Å². The molecule has 0 bridgehead atoms. The van der Waals surface area contributed by atoms with Crippen molar-refractivity contribution in [1.29, 1.82) is 5.26 Å². The van der Waals surface area contributed by atoms with Crippen molar-refractivity contribution in [3.63, 3.8) is 0 Å². The maximum absolute atomic E-state index is 10.8. The highest BCUT2D eigenvalue weighted by atomic mass is 32.2. The standard InChI is InChI=1S/C14H10N2O3S/c1-19-11-3-2-4-12(8-11)20-13-5-6-14(16(17)18)10(7-13)9-15/h2-8H,1H3. The van der Waals surface area contributed by atoms with Crippen LogP contribution < -0.4 is 4.74 Å². The summed E-state index contributed by atoms with van der Waals surface area (Å²) in [6.45, 7) is 0. The fourth-order valence-electron chi connectivity index (χ4n) is 1.63. The molecule has 2 aromatic carbocycles. The van der Waals surface area contributed by atoms with E-state index in [1.807, 2.05) is 30.3 Å². The molecule has 20 heavy (non-hydrogen) atoms. The van der Waals surface area contributed by atoms with Crippen LogP contribution in [-0.2, 0) is 0 Å². The Labute approximate surface area is 120 Å². The molecule has 0 heterocycles. The Hall–Kier alpha value is -2.52. The zero-order valence-electron chi connectivity index (χ0n) is 10.6. The Balaban J connectivity index is 2.30. The van der Waals surface area contributed by atoms with Gasteiger partial charge in [-0.3, -0.25) is 10.1 Å². The molecule has 0 spiro atoms. The Morgan fingerprint density at radius 3 is 2.65 bits per heavy atom. The highest BCUT2D eigenvalue weighted by Crippen LogP contribution is 2.32. The number of methoxy groups -OCH3 is 1. The van der Waals surface area contributed by atoms with Gasteiger partial charge in [0.2, 0.25) is 0 Å². The quantitative estimate of drug-likeness (QED) is 0.633. The van der Waals surface area contributed by atoms with Crippen LogP contribution in [0.1, 0.15) is 5.56 Å². The number of nitrogens with zero attached hydrogens (tertiary/aromatic N) is 2. The van der Waals surface area contributed by atoms with Gasteiger partial charge in [0.15, 0.2) is 0 Å². The van der Waals surface area contributed by atoms with E-state index in [4.69, 9.17) is 10.00 Å². The van der Waals surface area contributed by atoms with Gasteiger partial charge in [0.05, 0.1) is 12.0 Å². The van der Waals surface area contributed by atoms with E-state index in [1.54, 1.807) is 13.2 Å². The first-order valence-electron chi connectivity index (χ1n) is 5.64. The van der Waals surface area contributed by atoms with Gasteiger partial charge in [-0.1, -0.05) is 17.8 Å². The van der Waals surface area contributed by atoms with Crippen molar-refractivity contribution in [3.8, 4) is 11.8 Å². The van der Waals surface area contributed by atoms with E-state index >= 15 is 0 Å². The molecule has 0 N–H and O–H groups in total. The molecule has 2 aromatic rings. The van der Waals surface area contributed by atoms with Crippen LogP contribution in [0.2, 0.25) is 0 Å². The lowest BCUT2D eigenvalue weighted by Crippen LogP contribution is -1.92. The van der Waals surface area contributed by atoms with Gasteiger partial charge >= 0.3 is 0 Å². The number of hydrogen-bond acceptors (Lipinski definition) is 5. The Bertz CT molecular complexity index is 695. The summed E-state index contributed by atoms with van der Waals surface area (Å²) in [4.78, 5) is 11.9. The number of nitro benzene ring substituents is 1. The van der Waals surface area contributed by atoms with Crippen molar-refractivity contribution in [2.45, 2.75) is 9.79 Å². The van der Waals surface area contributed by atoms with Crippen LogP contribution >= 0.6 is 11.8 Å². The third-order valence-corrected chi connectivity index (χ3v) is 3.54. The zero-order valence-corrected chi connectivity index (χ0v) is 11.4. The first-order valence-corrected chi connectivity index (χ1v) is 6.46. The SMILES string of the molecule is COc1cccc(Sc2ccc([N+](=O)[O-])c(C#N)c2)c1. The number of nitro groups is 1. The molecule has 0 amide bonds. The lowest BCUT2D eigenvalue weighted by atomic mass is 10.2. The van der Waals surface area contributed by atoms with Crippen molar-refractivity contribution in [2.24, 2.45) is 0 Å². The number of rotatable bonds is 4. The van der Waals surface area contributed by atoms with E-state index in [1.165, 1.54) is 23.9 Å². The van der Waals surface area contributed by atoms with Crippen LogP contribution in [0.4, 0.5) is 5.69 Å². The lowest BCUT2D eigenvalue weighted by Gasteiger charge is -2.05.